The summed E-state index contributed by atoms with van der Waals surface area (Å²) in [7, 11) is -4.06. The Balaban J connectivity index is 1.70. The number of benzene rings is 1. The topological polar surface area (TPSA) is 191 Å². The fraction of sp³-hybridized carbons (Fsp3) is 0.478. The lowest BCUT2D eigenvalue weighted by molar-refractivity contribution is -0.150. The van der Waals surface area contributed by atoms with Gasteiger partial charge >= 0.3 is 13.8 Å². The van der Waals surface area contributed by atoms with Gasteiger partial charge in [-0.3, -0.25) is 33.0 Å². The molecule has 208 valence electrons. The molecule has 1 aromatic carbocycles. The fourth-order valence-corrected chi connectivity index (χ4v) is 5.41. The van der Waals surface area contributed by atoms with Gasteiger partial charge in [-0.1, -0.05) is 43.8 Å². The SMILES string of the molecule is CC1(C)COP(=O)(Oc2ccccc2)O[C@H]1C(=O)NCCC(=O)NCCSC(=O)CC(=O)CC(=O)C(=O)O. The lowest BCUT2D eigenvalue weighted by atomic mass is 9.87. The molecule has 3 N–H and O–H groups in total. The van der Waals surface area contributed by atoms with E-state index in [1.54, 1.807) is 44.2 Å². The van der Waals surface area contributed by atoms with Gasteiger partial charge in [-0.2, -0.15) is 0 Å². The van der Waals surface area contributed by atoms with Crippen LogP contribution in [0.5, 0.6) is 5.75 Å². The molecule has 0 bridgehead atoms. The van der Waals surface area contributed by atoms with Crippen LogP contribution in [0.25, 0.3) is 0 Å². The van der Waals surface area contributed by atoms with E-state index in [9.17, 15) is 33.3 Å². The Morgan fingerprint density at radius 3 is 2.42 bits per heavy atom. The molecular formula is C23H29N2O11PS. The first-order valence-electron chi connectivity index (χ1n) is 11.5. The quantitative estimate of drug-likeness (QED) is 0.126. The van der Waals surface area contributed by atoms with Gasteiger partial charge in [0.05, 0.1) is 19.4 Å². The van der Waals surface area contributed by atoms with Gasteiger partial charge < -0.3 is 20.3 Å². The predicted octanol–water partition coefficient (Wildman–Crippen LogP) is 1.50. The summed E-state index contributed by atoms with van der Waals surface area (Å²) in [6.07, 6.45) is -2.68. The Morgan fingerprint density at radius 2 is 1.76 bits per heavy atom. The zero-order valence-electron chi connectivity index (χ0n) is 20.8. The van der Waals surface area contributed by atoms with Crippen molar-refractivity contribution in [2.45, 2.75) is 39.2 Å². The lowest BCUT2D eigenvalue weighted by Crippen LogP contribution is -2.50. The maximum absolute atomic E-state index is 12.9. The minimum atomic E-state index is -4.06. The molecule has 1 fully saturated rings. The van der Waals surface area contributed by atoms with Crippen LogP contribution in [0.1, 0.15) is 33.1 Å². The van der Waals surface area contributed by atoms with Crippen LogP contribution in [0.15, 0.2) is 30.3 Å². The van der Waals surface area contributed by atoms with Crippen molar-refractivity contribution in [3.8, 4) is 5.75 Å². The second-order valence-electron chi connectivity index (χ2n) is 8.83. The standard InChI is InChI=1S/C23H29N2O11PS/c1-23(2)14-34-37(33,35-16-6-4-3-5-7-16)36-20(23)21(30)25-9-8-18(28)24-10-11-38-19(29)13-15(26)12-17(27)22(31)32/h3-7,20H,8-14H2,1-2H3,(H,24,28)(H,25,30)(H,31,32)/t20-,37?/m0/s1. The molecule has 1 unspecified atom stereocenters. The van der Waals surface area contributed by atoms with Crippen LogP contribution in [-0.4, -0.2) is 71.1 Å². The molecule has 1 aliphatic rings. The molecule has 38 heavy (non-hydrogen) atoms. The molecule has 1 saturated heterocycles. The summed E-state index contributed by atoms with van der Waals surface area (Å²) in [5.41, 5.74) is -0.827. The van der Waals surface area contributed by atoms with E-state index in [0.29, 0.717) is 0 Å². The number of thioether (sulfide) groups is 1. The summed E-state index contributed by atoms with van der Waals surface area (Å²) >= 11 is 0.760. The van der Waals surface area contributed by atoms with E-state index in [1.807, 2.05) is 0 Å². The molecule has 1 heterocycles. The average Bonchev–Trinajstić information content (AvgIpc) is 2.84. The number of carboxylic acid groups (broad SMARTS) is 1. The van der Waals surface area contributed by atoms with Gasteiger partial charge in [-0.25, -0.2) is 9.36 Å². The maximum atomic E-state index is 12.9. The number of hydrogen-bond donors (Lipinski definition) is 3. The third-order valence-corrected chi connectivity index (χ3v) is 7.24. The first-order chi connectivity index (χ1) is 17.8. The number of nitrogens with one attached hydrogen (secondary N) is 2. The van der Waals surface area contributed by atoms with Crippen molar-refractivity contribution in [3.05, 3.63) is 30.3 Å². The number of hydrogen-bond acceptors (Lipinski definition) is 11. The zero-order chi connectivity index (χ0) is 28.3. The monoisotopic (exact) mass is 572 g/mol. The van der Waals surface area contributed by atoms with E-state index in [-0.39, 0.29) is 37.6 Å². The molecule has 0 spiro atoms. The van der Waals surface area contributed by atoms with Crippen LogP contribution < -0.4 is 15.2 Å². The molecule has 2 rings (SSSR count). The summed E-state index contributed by atoms with van der Waals surface area (Å²) in [5, 5.41) is 13.0. The third-order valence-electron chi connectivity index (χ3n) is 5.01. The van der Waals surface area contributed by atoms with Crippen LogP contribution in [0.4, 0.5) is 0 Å². The highest BCUT2D eigenvalue weighted by atomic mass is 32.2. The average molecular weight is 573 g/mol. The molecule has 13 nitrogen and oxygen atoms in total. The van der Waals surface area contributed by atoms with E-state index in [0.717, 1.165) is 11.8 Å². The fourth-order valence-electron chi connectivity index (χ4n) is 3.05. The molecule has 15 heteroatoms. The van der Waals surface area contributed by atoms with Crippen molar-refractivity contribution in [2.24, 2.45) is 5.41 Å². The number of ketones is 2. The zero-order valence-corrected chi connectivity index (χ0v) is 22.5. The Hall–Kier alpha value is -3.06. The van der Waals surface area contributed by atoms with Crippen LogP contribution in [0, 0.1) is 5.41 Å². The van der Waals surface area contributed by atoms with Gasteiger partial charge in [0.15, 0.2) is 11.2 Å². The predicted molar refractivity (Wildman–Crippen MR) is 134 cm³/mol. The Morgan fingerprint density at radius 1 is 1.08 bits per heavy atom. The van der Waals surface area contributed by atoms with E-state index in [4.69, 9.17) is 18.7 Å². The smallest absolute Gasteiger partial charge is 0.475 e. The summed E-state index contributed by atoms with van der Waals surface area (Å²) in [6.45, 7) is 3.40. The molecule has 0 saturated carbocycles. The lowest BCUT2D eigenvalue weighted by Gasteiger charge is -2.39. The second-order valence-corrected chi connectivity index (χ2v) is 11.5. The first-order valence-corrected chi connectivity index (χ1v) is 13.9. The number of carbonyl (C=O) groups is 6. The van der Waals surface area contributed by atoms with Crippen LogP contribution in [0.3, 0.4) is 0 Å². The number of para-hydroxylation sites is 1. The molecule has 1 aromatic rings. The number of amides is 2. The highest BCUT2D eigenvalue weighted by molar-refractivity contribution is 8.13. The van der Waals surface area contributed by atoms with Gasteiger partial charge in [-0.05, 0) is 12.1 Å². The van der Waals surface area contributed by atoms with Crippen LogP contribution in [-0.2, 0) is 42.4 Å². The molecule has 2 amide bonds. The normalized spacial score (nSPS) is 20.1. The van der Waals surface area contributed by atoms with Gasteiger partial charge in [0, 0.05) is 30.7 Å². The highest BCUT2D eigenvalue weighted by Crippen LogP contribution is 2.56. The second kappa shape index (κ2) is 14.2. The number of Topliss-reactive ketones (excluding diaryl/α,β-unsaturated/α-hetero) is 2. The van der Waals surface area contributed by atoms with Gasteiger partial charge in [0.2, 0.25) is 11.7 Å². The molecular weight excluding hydrogens is 543 g/mol. The number of aliphatic carboxylic acids is 1. The van der Waals surface area contributed by atoms with Crippen molar-refractivity contribution < 1.29 is 52.0 Å². The maximum Gasteiger partial charge on any atom is 0.530 e. The highest BCUT2D eigenvalue weighted by Gasteiger charge is 2.49. The number of rotatable bonds is 14. The summed E-state index contributed by atoms with van der Waals surface area (Å²) < 4.78 is 29.1. The van der Waals surface area contributed by atoms with Gasteiger partial charge in [0.1, 0.15) is 11.5 Å². The summed E-state index contributed by atoms with van der Waals surface area (Å²) in [6, 6.07) is 8.24. The van der Waals surface area contributed by atoms with Crippen LogP contribution >= 0.6 is 19.6 Å². The third kappa shape index (κ3) is 10.4. The largest absolute Gasteiger partial charge is 0.530 e. The van der Waals surface area contributed by atoms with Crippen molar-refractivity contribution in [2.75, 3.05) is 25.4 Å². The number of phosphoric ester groups is 1. The van der Waals surface area contributed by atoms with Crippen molar-refractivity contribution in [1.82, 2.24) is 10.6 Å². The molecule has 1 aliphatic heterocycles. The molecule has 0 radical (unpaired) electrons. The van der Waals surface area contributed by atoms with Crippen molar-refractivity contribution in [1.29, 1.82) is 0 Å². The Bertz CT molecular complexity index is 1110. The van der Waals surface area contributed by atoms with E-state index in [2.05, 4.69) is 10.6 Å². The van der Waals surface area contributed by atoms with Crippen LogP contribution in [0.2, 0.25) is 0 Å². The van der Waals surface area contributed by atoms with Crippen molar-refractivity contribution in [3.63, 3.8) is 0 Å². The number of phosphoric acid groups is 1. The van der Waals surface area contributed by atoms with Crippen molar-refractivity contribution >= 4 is 54.1 Å². The first kappa shape index (κ1) is 31.2. The van der Waals surface area contributed by atoms with E-state index >= 15 is 0 Å². The van der Waals surface area contributed by atoms with Gasteiger partial charge in [0.25, 0.3) is 5.91 Å². The molecule has 0 aromatic heterocycles. The minimum absolute atomic E-state index is 0.0382. The summed E-state index contributed by atoms with van der Waals surface area (Å²) in [4.78, 5) is 69.4. The van der Waals surface area contributed by atoms with Gasteiger partial charge in [-0.15, -0.1) is 0 Å². The molecule has 0 aliphatic carbocycles. The summed E-state index contributed by atoms with van der Waals surface area (Å²) in [5.74, 6) is -4.41. The number of carboxylic acids is 1. The Kier molecular flexibility index (Phi) is 11.6. The Labute approximate surface area is 223 Å². The van der Waals surface area contributed by atoms with E-state index in [1.165, 1.54) is 0 Å². The number of carbonyl (C=O) groups excluding carboxylic acids is 5. The molecule has 2 atom stereocenters. The van der Waals surface area contributed by atoms with E-state index < -0.39 is 66.6 Å². The minimum Gasteiger partial charge on any atom is -0.475 e.